The van der Waals surface area contributed by atoms with E-state index < -0.39 is 12.0 Å². The topological polar surface area (TPSA) is 64.3 Å². The minimum atomic E-state index is -0.837. The number of aliphatic hydroxyl groups excluding tert-OH is 1. The van der Waals surface area contributed by atoms with Gasteiger partial charge < -0.3 is 10.0 Å². The second kappa shape index (κ2) is 10.3. The molecule has 0 saturated carbocycles. The standard InChI is InChI=1S/C31H24F2N2O2/c32-23-10-8-21(9-11-23)29(36)17-16-28-30(35(31(28)37)25-14-12-24(33)13-15-25)27-7-2-1-6-26(27)22-5-3-4-20(18-22)19-34/h1-15,18,28-30,36H,16-17H2/t28-,29+,30-/m1/s1. The molecular formula is C31H24F2N2O2. The minimum absolute atomic E-state index is 0.108. The van der Waals surface area contributed by atoms with Crippen molar-refractivity contribution in [2.45, 2.75) is 25.0 Å². The summed E-state index contributed by atoms with van der Waals surface area (Å²) in [6, 6.07) is 28.4. The van der Waals surface area contributed by atoms with E-state index >= 15 is 0 Å². The molecule has 1 fully saturated rings. The molecule has 6 heteroatoms. The van der Waals surface area contributed by atoms with Crippen molar-refractivity contribution in [3.63, 3.8) is 0 Å². The van der Waals surface area contributed by atoms with Crippen LogP contribution in [0.25, 0.3) is 11.1 Å². The lowest BCUT2D eigenvalue weighted by molar-refractivity contribution is -0.131. The first-order valence-electron chi connectivity index (χ1n) is 12.1. The third kappa shape index (κ3) is 4.87. The lowest BCUT2D eigenvalue weighted by Gasteiger charge is -2.48. The van der Waals surface area contributed by atoms with Gasteiger partial charge >= 0.3 is 0 Å². The number of hydrogen-bond donors (Lipinski definition) is 1. The molecule has 4 nitrogen and oxygen atoms in total. The fourth-order valence-electron chi connectivity index (χ4n) is 5.04. The fourth-order valence-corrected chi connectivity index (χ4v) is 5.04. The maximum absolute atomic E-state index is 13.6. The molecule has 3 atom stereocenters. The lowest BCUT2D eigenvalue weighted by Crippen LogP contribution is -2.55. The highest BCUT2D eigenvalue weighted by molar-refractivity contribution is 6.03. The van der Waals surface area contributed by atoms with Crippen molar-refractivity contribution in [1.29, 1.82) is 5.26 Å². The summed E-state index contributed by atoms with van der Waals surface area (Å²) in [7, 11) is 0. The highest BCUT2D eigenvalue weighted by atomic mass is 19.1. The molecule has 5 rings (SSSR count). The zero-order chi connectivity index (χ0) is 25.9. The number of nitriles is 1. The summed E-state index contributed by atoms with van der Waals surface area (Å²) in [5.74, 6) is -1.29. The van der Waals surface area contributed by atoms with Gasteiger partial charge in [-0.3, -0.25) is 4.79 Å². The summed E-state index contributed by atoms with van der Waals surface area (Å²) in [5.41, 5.74) is 4.38. The number of β-lactam (4-membered cyclic amide) rings is 1. The number of rotatable bonds is 7. The molecule has 0 aromatic heterocycles. The molecule has 1 N–H and O–H groups in total. The third-order valence-electron chi connectivity index (χ3n) is 6.91. The first-order valence-corrected chi connectivity index (χ1v) is 12.1. The Balaban J connectivity index is 1.50. The van der Waals surface area contributed by atoms with Crippen LogP contribution in [0.1, 0.15) is 41.7 Å². The number of benzene rings is 4. The molecule has 0 bridgehead atoms. The van der Waals surface area contributed by atoms with Crippen LogP contribution in [0, 0.1) is 28.9 Å². The van der Waals surface area contributed by atoms with Gasteiger partial charge in [-0.25, -0.2) is 8.78 Å². The van der Waals surface area contributed by atoms with Gasteiger partial charge in [-0.15, -0.1) is 0 Å². The molecule has 37 heavy (non-hydrogen) atoms. The van der Waals surface area contributed by atoms with E-state index in [0.29, 0.717) is 29.7 Å². The van der Waals surface area contributed by atoms with Crippen molar-refractivity contribution in [3.05, 3.63) is 125 Å². The molecule has 4 aromatic rings. The van der Waals surface area contributed by atoms with Crippen molar-refractivity contribution >= 4 is 11.6 Å². The van der Waals surface area contributed by atoms with Crippen molar-refractivity contribution in [2.75, 3.05) is 4.90 Å². The maximum Gasteiger partial charge on any atom is 0.233 e. The van der Waals surface area contributed by atoms with E-state index in [2.05, 4.69) is 6.07 Å². The van der Waals surface area contributed by atoms with E-state index in [4.69, 9.17) is 0 Å². The number of amides is 1. The highest BCUT2D eigenvalue weighted by Crippen LogP contribution is 2.48. The Bertz CT molecular complexity index is 1460. The molecule has 0 unspecified atom stereocenters. The van der Waals surface area contributed by atoms with Crippen LogP contribution in [0.15, 0.2) is 97.1 Å². The van der Waals surface area contributed by atoms with Gasteiger partial charge in [0.15, 0.2) is 0 Å². The van der Waals surface area contributed by atoms with Gasteiger partial charge in [0.1, 0.15) is 11.6 Å². The Morgan fingerprint density at radius 3 is 2.27 bits per heavy atom. The van der Waals surface area contributed by atoms with E-state index in [1.54, 1.807) is 35.2 Å². The summed E-state index contributed by atoms with van der Waals surface area (Å²) in [6.45, 7) is 0. The molecule has 184 valence electrons. The number of carbonyl (C=O) groups is 1. The van der Waals surface area contributed by atoms with Gasteiger partial charge in [-0.05, 0) is 83.6 Å². The molecule has 0 aliphatic carbocycles. The average molecular weight is 495 g/mol. The number of hydrogen-bond acceptors (Lipinski definition) is 3. The molecule has 1 amide bonds. The first-order chi connectivity index (χ1) is 18.0. The van der Waals surface area contributed by atoms with E-state index in [0.717, 1.165) is 16.7 Å². The Morgan fingerprint density at radius 2 is 1.57 bits per heavy atom. The Hall–Kier alpha value is -4.34. The fraction of sp³-hybridized carbons (Fsp3) is 0.161. The zero-order valence-electron chi connectivity index (χ0n) is 19.9. The van der Waals surface area contributed by atoms with Crippen LogP contribution in [0.2, 0.25) is 0 Å². The van der Waals surface area contributed by atoms with Crippen molar-refractivity contribution in [3.8, 4) is 17.2 Å². The van der Waals surface area contributed by atoms with Gasteiger partial charge in [0.05, 0.1) is 29.7 Å². The molecule has 1 heterocycles. The first kappa shape index (κ1) is 24.4. The maximum atomic E-state index is 13.6. The van der Waals surface area contributed by atoms with E-state index in [1.165, 1.54) is 24.3 Å². The number of nitrogens with zero attached hydrogens (tertiary/aromatic N) is 2. The molecule has 1 aliphatic heterocycles. The number of halogens is 2. The number of carbonyl (C=O) groups excluding carboxylic acids is 1. The van der Waals surface area contributed by atoms with Crippen LogP contribution in [-0.4, -0.2) is 11.0 Å². The van der Waals surface area contributed by atoms with Crippen molar-refractivity contribution in [1.82, 2.24) is 0 Å². The molecule has 0 radical (unpaired) electrons. The Labute approximate surface area is 214 Å². The Kier molecular flexibility index (Phi) is 6.80. The molecule has 1 saturated heterocycles. The van der Waals surface area contributed by atoms with Gasteiger partial charge in [0.2, 0.25) is 5.91 Å². The van der Waals surface area contributed by atoms with Gasteiger partial charge in [-0.2, -0.15) is 5.26 Å². The lowest BCUT2D eigenvalue weighted by atomic mass is 9.76. The van der Waals surface area contributed by atoms with Gasteiger partial charge in [0.25, 0.3) is 0 Å². The van der Waals surface area contributed by atoms with Crippen molar-refractivity contribution in [2.24, 2.45) is 5.92 Å². The summed E-state index contributed by atoms with van der Waals surface area (Å²) in [6.07, 6.45) is -0.106. The van der Waals surface area contributed by atoms with Crippen molar-refractivity contribution < 1.29 is 18.7 Å². The SMILES string of the molecule is N#Cc1cccc(-c2ccccc2[C@@H]2[C@@H](CC[C@H](O)c3ccc(F)cc3)C(=O)N2c2ccc(F)cc2)c1. The Morgan fingerprint density at radius 1 is 0.892 bits per heavy atom. The normalized spacial score (nSPS) is 17.7. The second-order valence-electron chi connectivity index (χ2n) is 9.16. The smallest absolute Gasteiger partial charge is 0.233 e. The highest BCUT2D eigenvalue weighted by Gasteiger charge is 2.49. The van der Waals surface area contributed by atoms with Crippen LogP contribution in [0.5, 0.6) is 0 Å². The van der Waals surface area contributed by atoms with Crippen LogP contribution < -0.4 is 4.90 Å². The van der Waals surface area contributed by atoms with Crippen LogP contribution in [0.4, 0.5) is 14.5 Å². The predicted octanol–water partition coefficient (Wildman–Crippen LogP) is 6.72. The summed E-state index contributed by atoms with van der Waals surface area (Å²) < 4.78 is 26.9. The van der Waals surface area contributed by atoms with Crippen LogP contribution in [0.3, 0.4) is 0 Å². The van der Waals surface area contributed by atoms with E-state index in [-0.39, 0.29) is 23.6 Å². The quantitative estimate of drug-likeness (QED) is 0.290. The molecular weight excluding hydrogens is 470 g/mol. The number of anilines is 1. The predicted molar refractivity (Wildman–Crippen MR) is 137 cm³/mol. The molecule has 0 spiro atoms. The summed E-state index contributed by atoms with van der Waals surface area (Å²) >= 11 is 0. The largest absolute Gasteiger partial charge is 0.388 e. The average Bonchev–Trinajstić information content (AvgIpc) is 2.93. The second-order valence-corrected chi connectivity index (χ2v) is 9.16. The van der Waals surface area contributed by atoms with Crippen LogP contribution >= 0.6 is 0 Å². The summed E-state index contributed by atoms with van der Waals surface area (Å²) in [5, 5.41) is 20.1. The van der Waals surface area contributed by atoms with Crippen LogP contribution in [-0.2, 0) is 4.79 Å². The zero-order valence-corrected chi connectivity index (χ0v) is 19.9. The van der Waals surface area contributed by atoms with Gasteiger partial charge in [-0.1, -0.05) is 48.5 Å². The minimum Gasteiger partial charge on any atom is -0.388 e. The monoisotopic (exact) mass is 494 g/mol. The molecule has 1 aliphatic rings. The van der Waals surface area contributed by atoms with Gasteiger partial charge in [0, 0.05) is 5.69 Å². The van der Waals surface area contributed by atoms with E-state index in [9.17, 15) is 23.9 Å². The van der Waals surface area contributed by atoms with E-state index in [1.807, 2.05) is 42.5 Å². The summed E-state index contributed by atoms with van der Waals surface area (Å²) in [4.78, 5) is 15.1. The number of aliphatic hydroxyl groups is 1. The third-order valence-corrected chi connectivity index (χ3v) is 6.91. The molecule has 4 aromatic carbocycles.